The van der Waals surface area contributed by atoms with Crippen molar-refractivity contribution in [2.24, 2.45) is 0 Å². The topological polar surface area (TPSA) is 71.3 Å². The number of nitrogens with zero attached hydrogens (tertiary/aromatic N) is 4. The van der Waals surface area contributed by atoms with Crippen LogP contribution < -0.4 is 15.0 Å². The fourth-order valence-corrected chi connectivity index (χ4v) is 5.04. The summed E-state index contributed by atoms with van der Waals surface area (Å²) in [5.74, 6) is 0.774. The van der Waals surface area contributed by atoms with E-state index in [0.717, 1.165) is 60.8 Å². The number of amides is 1. The molecule has 8 nitrogen and oxygen atoms in total. The zero-order valence-electron chi connectivity index (χ0n) is 17.5. The highest BCUT2D eigenvalue weighted by Crippen LogP contribution is 2.44. The minimum Gasteiger partial charge on any atom is -0.484 e. The van der Waals surface area contributed by atoms with Crippen molar-refractivity contribution in [3.8, 4) is 5.75 Å². The number of benzene rings is 1. The van der Waals surface area contributed by atoms with Gasteiger partial charge in [-0.1, -0.05) is 6.07 Å². The Morgan fingerprint density at radius 2 is 2.03 bits per heavy atom. The molecule has 2 fully saturated rings. The Hall–Kier alpha value is -3.10. The molecule has 1 spiro atoms. The second kappa shape index (κ2) is 6.96. The molecule has 3 aliphatic rings. The Morgan fingerprint density at radius 1 is 1.19 bits per heavy atom. The molecule has 6 rings (SSSR count). The van der Waals surface area contributed by atoms with E-state index in [1.54, 1.807) is 10.7 Å². The predicted octanol–water partition coefficient (Wildman–Crippen LogP) is 2.04. The van der Waals surface area contributed by atoms with Gasteiger partial charge in [0.15, 0.2) is 0 Å². The van der Waals surface area contributed by atoms with Crippen molar-refractivity contribution in [1.82, 2.24) is 14.5 Å². The van der Waals surface area contributed by atoms with E-state index >= 15 is 0 Å². The van der Waals surface area contributed by atoms with Crippen LogP contribution in [0.4, 0.5) is 11.4 Å². The molecule has 1 N–H and O–H groups in total. The molecule has 3 aliphatic heterocycles. The van der Waals surface area contributed by atoms with Gasteiger partial charge in [0.1, 0.15) is 11.4 Å². The molecular weight excluding hydrogens is 394 g/mol. The van der Waals surface area contributed by atoms with Crippen LogP contribution in [0.1, 0.15) is 15.9 Å². The number of morpholine rings is 1. The van der Waals surface area contributed by atoms with E-state index in [0.29, 0.717) is 18.8 Å². The molecular formula is C23H25N5O3. The highest BCUT2D eigenvalue weighted by molar-refractivity contribution is 6.10. The lowest BCUT2D eigenvalue weighted by atomic mass is 9.89. The van der Waals surface area contributed by atoms with E-state index in [-0.39, 0.29) is 11.5 Å². The van der Waals surface area contributed by atoms with E-state index in [2.05, 4.69) is 39.4 Å². The molecule has 0 radical (unpaired) electrons. The van der Waals surface area contributed by atoms with Gasteiger partial charge in [-0.2, -0.15) is 5.10 Å². The van der Waals surface area contributed by atoms with Crippen molar-refractivity contribution >= 4 is 22.8 Å². The average Bonchev–Trinajstić information content (AvgIpc) is 3.35. The number of nitrogens with one attached hydrogen (secondary N) is 1. The maximum Gasteiger partial charge on any atom is 0.259 e. The Labute approximate surface area is 180 Å². The van der Waals surface area contributed by atoms with E-state index in [9.17, 15) is 4.79 Å². The summed E-state index contributed by atoms with van der Waals surface area (Å²) in [6.07, 6.45) is 4.33. The molecule has 1 aromatic carbocycles. The van der Waals surface area contributed by atoms with Gasteiger partial charge in [0.05, 0.1) is 41.9 Å². The Balaban J connectivity index is 1.35. The second-order valence-corrected chi connectivity index (χ2v) is 8.75. The summed E-state index contributed by atoms with van der Waals surface area (Å²) in [5.41, 5.74) is 4.17. The fraction of sp³-hybridized carbons (Fsp3) is 0.391. The maximum absolute atomic E-state index is 13.2. The molecule has 31 heavy (non-hydrogen) atoms. The summed E-state index contributed by atoms with van der Waals surface area (Å²) in [7, 11) is 2.11. The van der Waals surface area contributed by atoms with E-state index in [1.807, 2.05) is 24.4 Å². The molecule has 3 aromatic rings. The van der Waals surface area contributed by atoms with Gasteiger partial charge < -0.3 is 19.7 Å². The van der Waals surface area contributed by atoms with Crippen molar-refractivity contribution in [1.29, 1.82) is 0 Å². The largest absolute Gasteiger partial charge is 0.484 e. The molecule has 1 amide bonds. The first-order valence-corrected chi connectivity index (χ1v) is 10.7. The van der Waals surface area contributed by atoms with Crippen molar-refractivity contribution in [3.63, 3.8) is 0 Å². The van der Waals surface area contributed by atoms with Crippen molar-refractivity contribution in [2.75, 3.05) is 56.7 Å². The standard InChI is InChI=1S/C23H25N5O3/c1-26-14-23(15-26)12-16-10-18(20(11-21(16)31-23)27-6-8-30-9-7-27)25-22(29)17-13-24-28-5-3-2-4-19(17)28/h2-5,10-11,13H,6-9,12,14-15H2,1H3,(H,25,29). The van der Waals surface area contributed by atoms with E-state index < -0.39 is 0 Å². The minimum atomic E-state index is -0.160. The Morgan fingerprint density at radius 3 is 2.84 bits per heavy atom. The first kappa shape index (κ1) is 18.7. The Bertz CT molecular complexity index is 1160. The van der Waals surface area contributed by atoms with Crippen LogP contribution in [0.25, 0.3) is 5.52 Å². The van der Waals surface area contributed by atoms with E-state index in [1.165, 1.54) is 0 Å². The highest BCUT2D eigenvalue weighted by Gasteiger charge is 2.48. The predicted molar refractivity (Wildman–Crippen MR) is 117 cm³/mol. The van der Waals surface area contributed by atoms with Crippen LogP contribution in [0.5, 0.6) is 5.75 Å². The Kier molecular flexibility index (Phi) is 4.19. The van der Waals surface area contributed by atoms with Crippen LogP contribution in [0.2, 0.25) is 0 Å². The summed E-state index contributed by atoms with van der Waals surface area (Å²) in [6, 6.07) is 9.90. The SMILES string of the molecule is CN1CC2(Cc3cc(NC(=O)c4cnn5ccccc45)c(N4CCOCC4)cc3O2)C1. The molecule has 8 heteroatoms. The number of carbonyl (C=O) groups is 1. The smallest absolute Gasteiger partial charge is 0.259 e. The molecule has 0 aliphatic carbocycles. The first-order valence-electron chi connectivity index (χ1n) is 10.7. The number of likely N-dealkylation sites (N-methyl/N-ethyl adjacent to an activating group) is 1. The van der Waals surface area contributed by atoms with Gasteiger partial charge in [0.25, 0.3) is 5.91 Å². The van der Waals surface area contributed by atoms with Gasteiger partial charge in [0.2, 0.25) is 0 Å². The average molecular weight is 419 g/mol. The minimum absolute atomic E-state index is 0.121. The summed E-state index contributed by atoms with van der Waals surface area (Å²) < 4.78 is 13.6. The van der Waals surface area contributed by atoms with Crippen LogP contribution in [0, 0.1) is 0 Å². The van der Waals surface area contributed by atoms with Gasteiger partial charge in [-0.25, -0.2) is 4.52 Å². The number of hydrogen-bond acceptors (Lipinski definition) is 6. The van der Waals surface area contributed by atoms with Crippen LogP contribution in [0.3, 0.4) is 0 Å². The third-order valence-electron chi connectivity index (χ3n) is 6.41. The van der Waals surface area contributed by atoms with Crippen molar-refractivity contribution < 1.29 is 14.3 Å². The number of hydrogen-bond donors (Lipinski definition) is 1. The van der Waals surface area contributed by atoms with Crippen LogP contribution in [0.15, 0.2) is 42.7 Å². The maximum atomic E-state index is 13.2. The molecule has 5 heterocycles. The lowest BCUT2D eigenvalue weighted by Crippen LogP contribution is -2.62. The van der Waals surface area contributed by atoms with Gasteiger partial charge in [0, 0.05) is 50.4 Å². The highest BCUT2D eigenvalue weighted by atomic mass is 16.5. The first-order chi connectivity index (χ1) is 15.1. The summed E-state index contributed by atoms with van der Waals surface area (Å²) >= 11 is 0. The fourth-order valence-electron chi connectivity index (χ4n) is 5.04. The van der Waals surface area contributed by atoms with Crippen LogP contribution >= 0.6 is 0 Å². The third kappa shape index (κ3) is 3.14. The number of aromatic nitrogens is 2. The zero-order valence-corrected chi connectivity index (χ0v) is 17.5. The van der Waals surface area contributed by atoms with Crippen molar-refractivity contribution in [3.05, 3.63) is 53.9 Å². The number of likely N-dealkylation sites (tertiary alicyclic amines) is 1. The lowest BCUT2D eigenvalue weighted by molar-refractivity contribution is -0.0481. The number of fused-ring (bicyclic) bond motifs is 2. The number of anilines is 2. The normalized spacial score (nSPS) is 19.8. The summed E-state index contributed by atoms with van der Waals surface area (Å²) in [6.45, 7) is 4.78. The molecule has 160 valence electrons. The van der Waals surface area contributed by atoms with Gasteiger partial charge >= 0.3 is 0 Å². The molecule has 0 bridgehead atoms. The van der Waals surface area contributed by atoms with Crippen LogP contribution in [-0.2, 0) is 11.2 Å². The van der Waals surface area contributed by atoms with Gasteiger partial charge in [-0.3, -0.25) is 9.69 Å². The number of pyridine rings is 1. The lowest BCUT2D eigenvalue weighted by Gasteiger charge is -2.44. The zero-order chi connectivity index (χ0) is 21.0. The summed E-state index contributed by atoms with van der Waals surface area (Å²) in [4.78, 5) is 17.7. The number of rotatable bonds is 3. The van der Waals surface area contributed by atoms with Gasteiger partial charge in [-0.15, -0.1) is 0 Å². The third-order valence-corrected chi connectivity index (χ3v) is 6.41. The molecule has 0 saturated carbocycles. The van der Waals surface area contributed by atoms with E-state index in [4.69, 9.17) is 9.47 Å². The number of carbonyl (C=O) groups excluding carboxylic acids is 1. The summed E-state index contributed by atoms with van der Waals surface area (Å²) in [5, 5.41) is 7.46. The monoisotopic (exact) mass is 419 g/mol. The van der Waals surface area contributed by atoms with Crippen LogP contribution in [-0.4, -0.2) is 72.5 Å². The quantitative estimate of drug-likeness (QED) is 0.701. The molecule has 2 aromatic heterocycles. The molecule has 0 unspecified atom stereocenters. The second-order valence-electron chi connectivity index (χ2n) is 8.75. The molecule has 2 saturated heterocycles. The van der Waals surface area contributed by atoms with Gasteiger partial charge in [-0.05, 0) is 25.2 Å². The molecule has 0 atom stereocenters. The van der Waals surface area contributed by atoms with Crippen molar-refractivity contribution in [2.45, 2.75) is 12.0 Å². The number of ether oxygens (including phenoxy) is 2.